The van der Waals surface area contributed by atoms with E-state index in [-0.39, 0.29) is 24.6 Å². The summed E-state index contributed by atoms with van der Waals surface area (Å²) >= 11 is 0. The third-order valence-corrected chi connectivity index (χ3v) is 4.43. The summed E-state index contributed by atoms with van der Waals surface area (Å²) in [5, 5.41) is 12.9. The maximum Gasteiger partial charge on any atom is 0.260 e. The number of amides is 1. The summed E-state index contributed by atoms with van der Waals surface area (Å²) in [5.41, 5.74) is 0. The number of hydrogen-bond donors (Lipinski definition) is 2. The predicted molar refractivity (Wildman–Crippen MR) is 91.8 cm³/mol. The second kappa shape index (κ2) is 9.61. The Balaban J connectivity index is 1.61. The van der Waals surface area contributed by atoms with Crippen molar-refractivity contribution in [1.82, 2.24) is 10.2 Å². The van der Waals surface area contributed by atoms with E-state index in [1.54, 1.807) is 4.90 Å². The molecular weight excluding hydrogens is 308 g/mol. The van der Waals surface area contributed by atoms with Crippen molar-refractivity contribution in [3.63, 3.8) is 0 Å². The molecule has 134 valence electrons. The lowest BCUT2D eigenvalue weighted by atomic mass is 10.1. The lowest BCUT2D eigenvalue weighted by Crippen LogP contribution is -2.39. The second-order valence-electron chi connectivity index (χ2n) is 6.21. The number of rotatable bonds is 9. The normalized spacial score (nSPS) is 21.5. The fraction of sp³-hybridized carbons (Fsp3) is 0.611. The largest absolute Gasteiger partial charge is 0.484 e. The standard InChI is InChI=1S/C18H28N2O4/c1-14(7-6-11-19-16-10-12-23-18(16)22)20(2)17(21)13-24-15-8-4-3-5-9-15/h3-5,8-9,14,16,18-19,22H,6-7,10-13H2,1-2H3/t14-,16-,18?/m0/s1. The molecule has 1 aromatic rings. The molecule has 0 aromatic heterocycles. The van der Waals surface area contributed by atoms with Crippen LogP contribution in [-0.4, -0.2) is 61.1 Å². The number of aliphatic hydroxyl groups excluding tert-OH is 1. The van der Waals surface area contributed by atoms with Gasteiger partial charge in [-0.2, -0.15) is 0 Å². The average Bonchev–Trinajstić information content (AvgIpc) is 3.01. The summed E-state index contributed by atoms with van der Waals surface area (Å²) in [6.45, 7) is 3.49. The van der Waals surface area contributed by atoms with Crippen LogP contribution in [0.4, 0.5) is 0 Å². The fourth-order valence-corrected chi connectivity index (χ4v) is 2.67. The van der Waals surface area contributed by atoms with E-state index >= 15 is 0 Å². The maximum atomic E-state index is 12.2. The van der Waals surface area contributed by atoms with Crippen molar-refractivity contribution in [3.05, 3.63) is 30.3 Å². The van der Waals surface area contributed by atoms with Crippen LogP contribution in [0.5, 0.6) is 5.75 Å². The quantitative estimate of drug-likeness (QED) is 0.667. The van der Waals surface area contributed by atoms with Gasteiger partial charge in [0.1, 0.15) is 5.75 Å². The Hall–Kier alpha value is -1.63. The number of ether oxygens (including phenoxy) is 2. The number of benzene rings is 1. The van der Waals surface area contributed by atoms with Gasteiger partial charge in [-0.3, -0.25) is 4.79 Å². The minimum absolute atomic E-state index is 0.0268. The number of carbonyl (C=O) groups excluding carboxylic acids is 1. The summed E-state index contributed by atoms with van der Waals surface area (Å²) in [7, 11) is 1.81. The summed E-state index contributed by atoms with van der Waals surface area (Å²) in [6.07, 6.45) is 1.97. The molecule has 1 amide bonds. The Kier molecular flexibility index (Phi) is 7.49. The van der Waals surface area contributed by atoms with E-state index in [0.29, 0.717) is 12.4 Å². The molecule has 3 atom stereocenters. The molecule has 1 aliphatic rings. The molecule has 0 spiro atoms. The Morgan fingerprint density at radius 2 is 2.21 bits per heavy atom. The average molecular weight is 336 g/mol. The van der Waals surface area contributed by atoms with E-state index in [9.17, 15) is 9.90 Å². The number of nitrogens with one attached hydrogen (secondary N) is 1. The number of nitrogens with zero attached hydrogens (tertiary/aromatic N) is 1. The van der Waals surface area contributed by atoms with Gasteiger partial charge in [0.05, 0.1) is 12.6 Å². The minimum Gasteiger partial charge on any atom is -0.484 e. The molecule has 0 radical (unpaired) electrons. The molecule has 2 rings (SSSR count). The zero-order chi connectivity index (χ0) is 17.4. The fourth-order valence-electron chi connectivity index (χ4n) is 2.67. The van der Waals surface area contributed by atoms with Crippen LogP contribution in [0.15, 0.2) is 30.3 Å². The third-order valence-electron chi connectivity index (χ3n) is 4.43. The van der Waals surface area contributed by atoms with Crippen LogP contribution in [0.2, 0.25) is 0 Å². The number of para-hydroxylation sites is 1. The van der Waals surface area contributed by atoms with E-state index in [0.717, 1.165) is 25.8 Å². The number of likely N-dealkylation sites (N-methyl/N-ethyl adjacent to an activating group) is 1. The molecule has 6 heteroatoms. The van der Waals surface area contributed by atoms with Crippen LogP contribution in [0.25, 0.3) is 0 Å². The molecule has 1 saturated heterocycles. The SMILES string of the molecule is C[C@@H](CCCN[C@H]1CCOC1O)N(C)C(=O)COc1ccccc1. The highest BCUT2D eigenvalue weighted by molar-refractivity contribution is 5.77. The minimum atomic E-state index is -0.693. The smallest absolute Gasteiger partial charge is 0.260 e. The van der Waals surface area contributed by atoms with Gasteiger partial charge in [-0.15, -0.1) is 0 Å². The highest BCUT2D eigenvalue weighted by Crippen LogP contribution is 2.12. The van der Waals surface area contributed by atoms with Crippen molar-refractivity contribution in [3.8, 4) is 5.75 Å². The van der Waals surface area contributed by atoms with Gasteiger partial charge in [-0.25, -0.2) is 0 Å². The van der Waals surface area contributed by atoms with Crippen molar-refractivity contribution in [1.29, 1.82) is 0 Å². The van der Waals surface area contributed by atoms with Gasteiger partial charge < -0.3 is 24.8 Å². The Morgan fingerprint density at radius 3 is 2.88 bits per heavy atom. The molecule has 1 aromatic carbocycles. The second-order valence-corrected chi connectivity index (χ2v) is 6.21. The van der Waals surface area contributed by atoms with Gasteiger partial charge in [0.25, 0.3) is 5.91 Å². The molecule has 2 N–H and O–H groups in total. The zero-order valence-corrected chi connectivity index (χ0v) is 14.5. The van der Waals surface area contributed by atoms with E-state index in [4.69, 9.17) is 9.47 Å². The number of carbonyl (C=O) groups is 1. The highest BCUT2D eigenvalue weighted by atomic mass is 16.6. The Labute approximate surface area is 143 Å². The summed E-state index contributed by atoms with van der Waals surface area (Å²) in [6, 6.07) is 9.51. The van der Waals surface area contributed by atoms with E-state index in [1.807, 2.05) is 44.3 Å². The molecule has 0 aliphatic carbocycles. The zero-order valence-electron chi connectivity index (χ0n) is 14.5. The molecule has 24 heavy (non-hydrogen) atoms. The third kappa shape index (κ3) is 5.78. The molecule has 1 aliphatic heterocycles. The van der Waals surface area contributed by atoms with Crippen molar-refractivity contribution in [2.75, 3.05) is 26.8 Å². The maximum absolute atomic E-state index is 12.2. The van der Waals surface area contributed by atoms with Crippen LogP contribution < -0.4 is 10.1 Å². The first-order valence-corrected chi connectivity index (χ1v) is 8.54. The predicted octanol–water partition coefficient (Wildman–Crippen LogP) is 1.39. The van der Waals surface area contributed by atoms with Gasteiger partial charge >= 0.3 is 0 Å². The van der Waals surface area contributed by atoms with E-state index in [2.05, 4.69) is 5.32 Å². The van der Waals surface area contributed by atoms with Crippen LogP contribution in [0.1, 0.15) is 26.2 Å². The summed E-state index contributed by atoms with van der Waals surface area (Å²) in [5.74, 6) is 0.673. The first kappa shape index (κ1) is 18.7. The highest BCUT2D eigenvalue weighted by Gasteiger charge is 2.25. The van der Waals surface area contributed by atoms with Crippen LogP contribution in [0.3, 0.4) is 0 Å². The Bertz CT molecular complexity index is 497. The lowest BCUT2D eigenvalue weighted by molar-refractivity contribution is -0.133. The topological polar surface area (TPSA) is 71.0 Å². The summed E-state index contributed by atoms with van der Waals surface area (Å²) < 4.78 is 10.6. The van der Waals surface area contributed by atoms with Crippen LogP contribution in [0, 0.1) is 0 Å². The monoisotopic (exact) mass is 336 g/mol. The van der Waals surface area contributed by atoms with Crippen LogP contribution >= 0.6 is 0 Å². The van der Waals surface area contributed by atoms with Crippen molar-refractivity contribution >= 4 is 5.91 Å². The molecular formula is C18H28N2O4. The van der Waals surface area contributed by atoms with Crippen molar-refractivity contribution in [2.45, 2.75) is 44.6 Å². The first-order valence-electron chi connectivity index (χ1n) is 8.54. The molecule has 0 saturated carbocycles. The van der Waals surface area contributed by atoms with Gasteiger partial charge in [0.2, 0.25) is 0 Å². The molecule has 6 nitrogen and oxygen atoms in total. The number of aliphatic hydroxyl groups is 1. The van der Waals surface area contributed by atoms with Crippen molar-refractivity contribution in [2.24, 2.45) is 0 Å². The Morgan fingerprint density at radius 1 is 1.46 bits per heavy atom. The first-order chi connectivity index (χ1) is 11.6. The molecule has 1 unspecified atom stereocenters. The lowest BCUT2D eigenvalue weighted by Gasteiger charge is -2.25. The molecule has 0 bridgehead atoms. The van der Waals surface area contributed by atoms with Crippen LogP contribution in [-0.2, 0) is 9.53 Å². The summed E-state index contributed by atoms with van der Waals surface area (Å²) in [4.78, 5) is 13.9. The van der Waals surface area contributed by atoms with Gasteiger partial charge in [-0.05, 0) is 44.9 Å². The molecule has 1 heterocycles. The molecule has 1 fully saturated rings. The van der Waals surface area contributed by atoms with Gasteiger partial charge in [0, 0.05) is 13.1 Å². The van der Waals surface area contributed by atoms with Crippen molar-refractivity contribution < 1.29 is 19.4 Å². The number of hydrogen-bond acceptors (Lipinski definition) is 5. The van der Waals surface area contributed by atoms with Gasteiger partial charge in [0.15, 0.2) is 12.9 Å². The van der Waals surface area contributed by atoms with E-state index in [1.165, 1.54) is 0 Å². The van der Waals surface area contributed by atoms with Gasteiger partial charge in [-0.1, -0.05) is 18.2 Å². The van der Waals surface area contributed by atoms with E-state index < -0.39 is 6.29 Å².